The maximum atomic E-state index is 11.7. The Morgan fingerprint density at radius 3 is 2.63 bits per heavy atom. The van der Waals surface area contributed by atoms with Crippen molar-refractivity contribution in [2.75, 3.05) is 7.11 Å². The summed E-state index contributed by atoms with van der Waals surface area (Å²) in [5, 5.41) is 8.58. The summed E-state index contributed by atoms with van der Waals surface area (Å²) >= 11 is 1.49. The largest absolute Gasteiger partial charge is 0.497 e. The van der Waals surface area contributed by atoms with Crippen molar-refractivity contribution in [3.05, 3.63) is 34.7 Å². The first kappa shape index (κ1) is 12.1. The fraction of sp³-hybridized carbons (Fsp3) is 0.231. The van der Waals surface area contributed by atoms with Crippen LogP contribution in [-0.2, 0) is 4.79 Å². The van der Waals surface area contributed by atoms with E-state index in [4.69, 9.17) is 4.74 Å². The predicted molar refractivity (Wildman–Crippen MR) is 74.3 cm³/mol. The van der Waals surface area contributed by atoms with Gasteiger partial charge in [0, 0.05) is 5.56 Å². The average Bonchev–Trinajstić information content (AvgIpc) is 2.82. The number of hydrogen-bond donors (Lipinski definition) is 0. The number of azo groups is 1. The molecule has 0 N–H and O–H groups in total. The van der Waals surface area contributed by atoms with Gasteiger partial charge in [-0.15, -0.1) is 10.2 Å². The number of thioether (sulfide) groups is 1. The second kappa shape index (κ2) is 4.62. The molecule has 2 aliphatic heterocycles. The highest BCUT2D eigenvalue weighted by Crippen LogP contribution is 2.40. The van der Waals surface area contributed by atoms with Crippen LogP contribution in [0.3, 0.4) is 0 Å². The molecule has 1 unspecified atom stereocenters. The van der Waals surface area contributed by atoms with Crippen LogP contribution in [0.2, 0.25) is 0 Å². The molecule has 0 radical (unpaired) electrons. The van der Waals surface area contributed by atoms with Gasteiger partial charge < -0.3 is 4.74 Å². The van der Waals surface area contributed by atoms with Crippen molar-refractivity contribution in [3.8, 4) is 5.75 Å². The van der Waals surface area contributed by atoms with Crippen molar-refractivity contribution < 1.29 is 9.53 Å². The number of carbonyl (C=O) groups is 1. The molecule has 1 atom stereocenters. The lowest BCUT2D eigenvalue weighted by atomic mass is 10.1. The zero-order valence-corrected chi connectivity index (χ0v) is 11.3. The van der Waals surface area contributed by atoms with E-state index in [2.05, 4.69) is 15.2 Å². The van der Waals surface area contributed by atoms with E-state index in [-0.39, 0.29) is 5.91 Å². The van der Waals surface area contributed by atoms with Gasteiger partial charge in [-0.05, 0) is 31.2 Å². The Labute approximate surface area is 114 Å². The average molecular weight is 273 g/mol. The van der Waals surface area contributed by atoms with Crippen molar-refractivity contribution in [2.45, 2.75) is 13.0 Å². The quantitative estimate of drug-likeness (QED) is 0.832. The summed E-state index contributed by atoms with van der Waals surface area (Å²) in [6, 6.07) is 7.02. The summed E-state index contributed by atoms with van der Waals surface area (Å²) in [7, 11) is 1.62. The van der Waals surface area contributed by atoms with Crippen molar-refractivity contribution in [1.29, 1.82) is 0 Å². The number of aliphatic imine (C=N–C) groups is 1. The standard InChI is InChI=1S/C13H11N3O2S/c1-7-14-11-12(19-7)10(15-16-13(11)17)8-3-5-9(18-2)6-4-8/h3-6,11H,1-2H3. The molecule has 0 spiro atoms. The Morgan fingerprint density at radius 2 is 1.95 bits per heavy atom. The van der Waals surface area contributed by atoms with Crippen LogP contribution in [0.4, 0.5) is 0 Å². The fourth-order valence-corrected chi connectivity index (χ4v) is 2.98. The highest BCUT2D eigenvalue weighted by Gasteiger charge is 2.34. The van der Waals surface area contributed by atoms with Crippen LogP contribution in [0, 0.1) is 0 Å². The van der Waals surface area contributed by atoms with Crippen LogP contribution in [0.5, 0.6) is 5.75 Å². The normalized spacial score (nSPS) is 21.5. The van der Waals surface area contributed by atoms with Crippen molar-refractivity contribution in [1.82, 2.24) is 0 Å². The molecular weight excluding hydrogens is 262 g/mol. The highest BCUT2D eigenvalue weighted by molar-refractivity contribution is 8.17. The van der Waals surface area contributed by atoms with Crippen molar-refractivity contribution in [2.24, 2.45) is 15.2 Å². The van der Waals surface area contributed by atoms with E-state index in [1.807, 2.05) is 31.2 Å². The number of ether oxygens (including phenoxy) is 1. The van der Waals surface area contributed by atoms with Gasteiger partial charge in [0.25, 0.3) is 5.91 Å². The molecule has 96 valence electrons. The molecule has 0 saturated heterocycles. The minimum absolute atomic E-state index is 0.295. The highest BCUT2D eigenvalue weighted by atomic mass is 32.2. The Hall–Kier alpha value is -1.95. The summed E-state index contributed by atoms with van der Waals surface area (Å²) in [4.78, 5) is 16.8. The number of methoxy groups -OCH3 is 1. The maximum Gasteiger partial charge on any atom is 0.294 e. The van der Waals surface area contributed by atoms with E-state index < -0.39 is 6.04 Å². The summed E-state index contributed by atoms with van der Waals surface area (Å²) in [6.45, 7) is 1.88. The smallest absolute Gasteiger partial charge is 0.294 e. The number of amides is 1. The third-order valence-electron chi connectivity index (χ3n) is 2.90. The second-order valence-corrected chi connectivity index (χ2v) is 5.37. The molecule has 1 aromatic rings. The first-order valence-electron chi connectivity index (χ1n) is 5.75. The maximum absolute atomic E-state index is 11.7. The van der Waals surface area contributed by atoms with Crippen LogP contribution in [0.25, 0.3) is 5.70 Å². The Balaban J connectivity index is 2.04. The lowest BCUT2D eigenvalue weighted by molar-refractivity contribution is -0.118. The summed E-state index contributed by atoms with van der Waals surface area (Å²) < 4.78 is 5.13. The zero-order valence-electron chi connectivity index (χ0n) is 10.5. The number of benzene rings is 1. The lowest BCUT2D eigenvalue weighted by Gasteiger charge is -2.13. The fourth-order valence-electron chi connectivity index (χ4n) is 1.98. The molecule has 0 aliphatic carbocycles. The summed E-state index contributed by atoms with van der Waals surface area (Å²) in [6.07, 6.45) is 0. The molecular formula is C13H11N3O2S. The summed E-state index contributed by atoms with van der Waals surface area (Å²) in [5.41, 5.74) is 1.63. The minimum Gasteiger partial charge on any atom is -0.497 e. The van der Waals surface area contributed by atoms with Crippen molar-refractivity contribution in [3.63, 3.8) is 0 Å². The van der Waals surface area contributed by atoms with Gasteiger partial charge >= 0.3 is 0 Å². The SMILES string of the molecule is COc1ccc(C2=C3SC(C)=NC3C(=O)N=N2)cc1. The predicted octanol–water partition coefficient (Wildman–Crippen LogP) is 2.89. The number of rotatable bonds is 2. The van der Waals surface area contributed by atoms with E-state index in [0.29, 0.717) is 0 Å². The van der Waals surface area contributed by atoms with Crippen molar-refractivity contribution >= 4 is 28.4 Å². The molecule has 5 nitrogen and oxygen atoms in total. The van der Waals surface area contributed by atoms with Gasteiger partial charge in [-0.3, -0.25) is 9.79 Å². The van der Waals surface area contributed by atoms with Gasteiger partial charge in [-0.2, -0.15) is 0 Å². The number of hydrogen-bond acceptors (Lipinski definition) is 5. The molecule has 1 amide bonds. The van der Waals surface area contributed by atoms with Crippen LogP contribution >= 0.6 is 11.8 Å². The van der Waals surface area contributed by atoms with Gasteiger partial charge in [0.05, 0.1) is 17.1 Å². The van der Waals surface area contributed by atoms with Crippen LogP contribution < -0.4 is 4.74 Å². The van der Waals surface area contributed by atoms with E-state index >= 15 is 0 Å². The number of fused-ring (bicyclic) bond motifs is 1. The first-order chi connectivity index (χ1) is 9.19. The molecule has 0 aromatic heterocycles. The van der Waals surface area contributed by atoms with Gasteiger partial charge in [-0.25, -0.2) is 0 Å². The Bertz CT molecular complexity index is 632. The number of carbonyl (C=O) groups excluding carboxylic acids is 1. The lowest BCUT2D eigenvalue weighted by Crippen LogP contribution is -2.18. The molecule has 1 aromatic carbocycles. The zero-order chi connectivity index (χ0) is 13.4. The molecule has 0 fully saturated rings. The Morgan fingerprint density at radius 1 is 1.21 bits per heavy atom. The molecule has 3 rings (SSSR count). The second-order valence-electron chi connectivity index (χ2n) is 4.13. The van der Waals surface area contributed by atoms with Crippen LogP contribution in [0.1, 0.15) is 12.5 Å². The van der Waals surface area contributed by atoms with E-state index in [1.165, 1.54) is 11.8 Å². The van der Waals surface area contributed by atoms with Gasteiger partial charge in [0.15, 0.2) is 6.04 Å². The minimum atomic E-state index is -0.500. The first-order valence-corrected chi connectivity index (χ1v) is 6.57. The Kier molecular flexibility index (Phi) is 2.94. The molecule has 2 aliphatic rings. The topological polar surface area (TPSA) is 63.4 Å². The molecule has 6 heteroatoms. The monoisotopic (exact) mass is 273 g/mol. The van der Waals surface area contributed by atoms with Crippen LogP contribution in [-0.4, -0.2) is 24.1 Å². The summed E-state index contributed by atoms with van der Waals surface area (Å²) in [5.74, 6) is 0.484. The molecule has 0 saturated carbocycles. The number of nitrogens with zero attached hydrogens (tertiary/aromatic N) is 3. The molecule has 2 heterocycles. The van der Waals surface area contributed by atoms with Gasteiger partial charge in [-0.1, -0.05) is 11.8 Å². The molecule has 19 heavy (non-hydrogen) atoms. The van der Waals surface area contributed by atoms with E-state index in [9.17, 15) is 4.79 Å². The van der Waals surface area contributed by atoms with E-state index in [1.54, 1.807) is 7.11 Å². The van der Waals surface area contributed by atoms with Gasteiger partial charge in [0.1, 0.15) is 11.4 Å². The third-order valence-corrected chi connectivity index (χ3v) is 3.93. The van der Waals surface area contributed by atoms with Gasteiger partial charge in [0.2, 0.25) is 0 Å². The van der Waals surface area contributed by atoms with E-state index in [0.717, 1.165) is 27.0 Å². The third kappa shape index (κ3) is 2.08. The van der Waals surface area contributed by atoms with Crippen LogP contribution in [0.15, 0.2) is 44.4 Å². The molecule has 0 bridgehead atoms.